The Hall–Kier alpha value is -0.980. The lowest BCUT2D eigenvalue weighted by Gasteiger charge is -2.22. The first kappa shape index (κ1) is 15.1. The van der Waals surface area contributed by atoms with Crippen molar-refractivity contribution >= 4 is 0 Å². The second-order valence-electron chi connectivity index (χ2n) is 6.70. The molecule has 0 fully saturated rings. The van der Waals surface area contributed by atoms with Crippen LogP contribution in [0.2, 0.25) is 0 Å². The molecule has 0 aliphatic heterocycles. The van der Waals surface area contributed by atoms with Gasteiger partial charge in [0, 0.05) is 0 Å². The number of hydrogen-bond acceptors (Lipinski definition) is 1. The normalized spacial score (nSPS) is 12.3. The minimum absolute atomic E-state index is 0.154. The molecular weight excluding hydrogens is 220 g/mol. The highest BCUT2D eigenvalue weighted by Gasteiger charge is 2.16. The summed E-state index contributed by atoms with van der Waals surface area (Å²) >= 11 is 0. The van der Waals surface area contributed by atoms with E-state index in [9.17, 15) is 0 Å². The van der Waals surface area contributed by atoms with Gasteiger partial charge in [-0.3, -0.25) is 0 Å². The highest BCUT2D eigenvalue weighted by atomic mass is 16.5. The molecule has 0 aromatic heterocycles. The van der Waals surface area contributed by atoms with Crippen molar-refractivity contribution in [3.8, 4) is 5.75 Å². The topological polar surface area (TPSA) is 9.23 Å². The van der Waals surface area contributed by atoms with Gasteiger partial charge in [-0.25, -0.2) is 0 Å². The van der Waals surface area contributed by atoms with Gasteiger partial charge in [0.25, 0.3) is 0 Å². The van der Waals surface area contributed by atoms with Crippen molar-refractivity contribution in [1.82, 2.24) is 0 Å². The minimum atomic E-state index is 0.154. The molecule has 0 heterocycles. The summed E-state index contributed by atoms with van der Waals surface area (Å²) in [6.45, 7) is 16.1. The first-order valence-electron chi connectivity index (χ1n) is 6.79. The zero-order valence-corrected chi connectivity index (χ0v) is 12.9. The molecule has 0 bridgehead atoms. The van der Waals surface area contributed by atoms with Crippen LogP contribution < -0.4 is 4.74 Å². The maximum Gasteiger partial charge on any atom is 0.119 e. The van der Waals surface area contributed by atoms with Gasteiger partial charge < -0.3 is 4.74 Å². The van der Waals surface area contributed by atoms with Crippen molar-refractivity contribution in [2.45, 2.75) is 53.9 Å². The predicted octanol–water partition coefficient (Wildman–Crippen LogP) is 4.98. The Bertz CT molecular complexity index is 383. The number of benzene rings is 1. The van der Waals surface area contributed by atoms with Gasteiger partial charge >= 0.3 is 0 Å². The van der Waals surface area contributed by atoms with E-state index in [4.69, 9.17) is 4.74 Å². The molecule has 101 valence electrons. The van der Waals surface area contributed by atoms with Crippen LogP contribution in [0, 0.1) is 11.8 Å². The zero-order chi connectivity index (χ0) is 13.9. The van der Waals surface area contributed by atoms with Crippen molar-refractivity contribution in [3.05, 3.63) is 35.2 Å². The predicted molar refractivity (Wildman–Crippen MR) is 79.2 cm³/mol. The lowest BCUT2D eigenvalue weighted by molar-refractivity contribution is 0.270. The fourth-order valence-corrected chi connectivity index (χ4v) is 1.67. The van der Waals surface area contributed by atoms with E-state index in [2.05, 4.69) is 66.7 Å². The number of hydrogen-bond donors (Lipinski definition) is 0. The maximum atomic E-state index is 5.88. The second kappa shape index (κ2) is 5.77. The van der Waals surface area contributed by atoms with Gasteiger partial charge in [0.15, 0.2) is 0 Å². The first-order valence-corrected chi connectivity index (χ1v) is 6.79. The zero-order valence-electron chi connectivity index (χ0n) is 12.9. The summed E-state index contributed by atoms with van der Waals surface area (Å²) in [6.07, 6.45) is 0. The quantitative estimate of drug-likeness (QED) is 0.729. The van der Waals surface area contributed by atoms with Gasteiger partial charge in [-0.15, -0.1) is 0 Å². The average Bonchev–Trinajstić information content (AvgIpc) is 2.24. The highest BCUT2D eigenvalue weighted by molar-refractivity contribution is 5.42. The standard InChI is InChI=1S/C17H27O/c1-12(2)11-18-16-9-14(13(3)4)8-15(10-16)17(5,6)7/h8-10,12H,11H2,1-7H3. The van der Waals surface area contributed by atoms with Crippen molar-refractivity contribution in [2.24, 2.45) is 5.92 Å². The maximum absolute atomic E-state index is 5.88. The molecule has 1 nitrogen and oxygen atoms in total. The van der Waals surface area contributed by atoms with Crippen LogP contribution in [-0.2, 0) is 5.41 Å². The van der Waals surface area contributed by atoms with E-state index in [-0.39, 0.29) is 5.41 Å². The number of ether oxygens (including phenoxy) is 1. The Morgan fingerprint density at radius 1 is 1.11 bits per heavy atom. The Morgan fingerprint density at radius 2 is 1.72 bits per heavy atom. The fourth-order valence-electron chi connectivity index (χ4n) is 1.67. The van der Waals surface area contributed by atoms with Crippen molar-refractivity contribution in [3.63, 3.8) is 0 Å². The molecule has 0 amide bonds. The van der Waals surface area contributed by atoms with Crippen LogP contribution in [0.15, 0.2) is 18.2 Å². The highest BCUT2D eigenvalue weighted by Crippen LogP contribution is 2.30. The van der Waals surface area contributed by atoms with Gasteiger partial charge in [-0.05, 0) is 40.5 Å². The van der Waals surface area contributed by atoms with E-state index in [1.807, 2.05) is 0 Å². The summed E-state index contributed by atoms with van der Waals surface area (Å²) in [5.41, 5.74) is 2.77. The van der Waals surface area contributed by atoms with E-state index in [1.165, 1.54) is 17.0 Å². The van der Waals surface area contributed by atoms with Gasteiger partial charge in [-0.1, -0.05) is 54.5 Å². The van der Waals surface area contributed by atoms with Crippen LogP contribution in [0.5, 0.6) is 5.75 Å². The Balaban J connectivity index is 3.06. The van der Waals surface area contributed by atoms with Gasteiger partial charge in [0.1, 0.15) is 5.75 Å². The molecule has 1 radical (unpaired) electrons. The molecule has 0 N–H and O–H groups in total. The monoisotopic (exact) mass is 247 g/mol. The third-order valence-electron chi connectivity index (χ3n) is 2.93. The molecular formula is C17H27O. The second-order valence-corrected chi connectivity index (χ2v) is 6.70. The van der Waals surface area contributed by atoms with Crippen LogP contribution >= 0.6 is 0 Å². The molecule has 0 atom stereocenters. The summed E-state index contributed by atoms with van der Waals surface area (Å²) in [7, 11) is 0. The molecule has 1 rings (SSSR count). The lowest BCUT2D eigenvalue weighted by Crippen LogP contribution is -2.13. The van der Waals surface area contributed by atoms with Gasteiger partial charge in [0.2, 0.25) is 0 Å². The van der Waals surface area contributed by atoms with E-state index >= 15 is 0 Å². The molecule has 0 aliphatic carbocycles. The molecule has 18 heavy (non-hydrogen) atoms. The SMILES string of the molecule is C[C](C)c1cc(OCC(C)C)cc(C(C)(C)C)c1. The van der Waals surface area contributed by atoms with E-state index in [0.29, 0.717) is 5.92 Å². The summed E-state index contributed by atoms with van der Waals surface area (Å²) in [6, 6.07) is 6.60. The van der Waals surface area contributed by atoms with Gasteiger partial charge in [0.05, 0.1) is 6.61 Å². The molecule has 1 heteroatoms. The number of rotatable bonds is 4. The minimum Gasteiger partial charge on any atom is -0.493 e. The van der Waals surface area contributed by atoms with Crippen LogP contribution in [-0.4, -0.2) is 6.61 Å². The first-order chi connectivity index (χ1) is 8.20. The molecule has 0 spiro atoms. The molecule has 0 unspecified atom stereocenters. The summed E-state index contributed by atoms with van der Waals surface area (Å²) in [5.74, 6) is 2.88. The summed E-state index contributed by atoms with van der Waals surface area (Å²) in [5, 5.41) is 0. The van der Waals surface area contributed by atoms with Crippen molar-refractivity contribution in [1.29, 1.82) is 0 Å². The summed E-state index contributed by atoms with van der Waals surface area (Å²) < 4.78 is 5.88. The lowest BCUT2D eigenvalue weighted by atomic mass is 9.84. The third kappa shape index (κ3) is 4.36. The van der Waals surface area contributed by atoms with Crippen molar-refractivity contribution in [2.75, 3.05) is 6.61 Å². The average molecular weight is 247 g/mol. The van der Waals surface area contributed by atoms with E-state index in [0.717, 1.165) is 12.4 Å². The Morgan fingerprint density at radius 3 is 2.17 bits per heavy atom. The fraction of sp³-hybridized carbons (Fsp3) is 0.588. The molecule has 0 saturated carbocycles. The molecule has 0 aliphatic rings. The van der Waals surface area contributed by atoms with Crippen LogP contribution in [0.4, 0.5) is 0 Å². The van der Waals surface area contributed by atoms with Crippen LogP contribution in [0.25, 0.3) is 0 Å². The van der Waals surface area contributed by atoms with Gasteiger partial charge in [-0.2, -0.15) is 0 Å². The largest absolute Gasteiger partial charge is 0.493 e. The van der Waals surface area contributed by atoms with E-state index in [1.54, 1.807) is 0 Å². The molecule has 1 aromatic rings. The van der Waals surface area contributed by atoms with Crippen LogP contribution in [0.3, 0.4) is 0 Å². The smallest absolute Gasteiger partial charge is 0.119 e. The Kier molecular flexibility index (Phi) is 4.84. The van der Waals surface area contributed by atoms with E-state index < -0.39 is 0 Å². The molecule has 1 aromatic carbocycles. The summed E-state index contributed by atoms with van der Waals surface area (Å²) in [4.78, 5) is 0. The molecule has 0 saturated heterocycles. The van der Waals surface area contributed by atoms with Crippen LogP contribution in [0.1, 0.15) is 59.6 Å². The van der Waals surface area contributed by atoms with Crippen molar-refractivity contribution < 1.29 is 4.74 Å². The third-order valence-corrected chi connectivity index (χ3v) is 2.93. The Labute approximate surface area is 113 Å².